The molecule has 0 aliphatic carbocycles. The van der Waals surface area contributed by atoms with Gasteiger partial charge in [0.15, 0.2) is 5.11 Å². The van der Waals surface area contributed by atoms with Gasteiger partial charge in [0.05, 0.1) is 5.69 Å². The highest BCUT2D eigenvalue weighted by molar-refractivity contribution is 7.80. The average molecular weight is 377 g/mol. The van der Waals surface area contributed by atoms with E-state index in [9.17, 15) is 9.59 Å². The third kappa shape index (κ3) is 3.33. The molecule has 1 heterocycles. The van der Waals surface area contributed by atoms with E-state index >= 15 is 0 Å². The molecule has 1 N–H and O–H groups in total. The normalized spacial score (nSPS) is 16.5. The quantitative estimate of drug-likeness (QED) is 0.492. The number of carbonyl (C=O) groups is 2. The summed E-state index contributed by atoms with van der Waals surface area (Å²) in [6.07, 6.45) is 1.49. The van der Waals surface area contributed by atoms with Gasteiger partial charge in [0, 0.05) is 10.0 Å². The summed E-state index contributed by atoms with van der Waals surface area (Å²) in [4.78, 5) is 26.2. The van der Waals surface area contributed by atoms with Gasteiger partial charge in [-0.2, -0.15) is 0 Å². The van der Waals surface area contributed by atoms with Gasteiger partial charge in [-0.05, 0) is 54.2 Å². The van der Waals surface area contributed by atoms with Crippen molar-refractivity contribution in [2.75, 3.05) is 4.90 Å². The summed E-state index contributed by atoms with van der Waals surface area (Å²) in [6, 6.07) is 13.5. The molecule has 0 unspecified atom stereocenters. The molecule has 1 aliphatic rings. The fourth-order valence-corrected chi connectivity index (χ4v) is 2.82. The van der Waals surface area contributed by atoms with Crippen molar-refractivity contribution in [3.05, 3.63) is 69.7 Å². The van der Waals surface area contributed by atoms with E-state index in [1.54, 1.807) is 48.5 Å². The average Bonchev–Trinajstić information content (AvgIpc) is 2.53. The van der Waals surface area contributed by atoms with Crippen molar-refractivity contribution in [3.63, 3.8) is 0 Å². The Labute approximate surface area is 153 Å². The lowest BCUT2D eigenvalue weighted by atomic mass is 10.1. The van der Waals surface area contributed by atoms with Crippen molar-refractivity contribution >= 4 is 64.1 Å². The minimum absolute atomic E-state index is 0.0144. The molecule has 1 fully saturated rings. The van der Waals surface area contributed by atoms with Crippen molar-refractivity contribution < 1.29 is 9.59 Å². The molecular formula is C17H10Cl2N2O2S. The Kier molecular flexibility index (Phi) is 4.66. The van der Waals surface area contributed by atoms with Crippen LogP contribution in [-0.2, 0) is 9.59 Å². The van der Waals surface area contributed by atoms with Crippen molar-refractivity contribution in [1.82, 2.24) is 5.32 Å². The van der Waals surface area contributed by atoms with E-state index in [2.05, 4.69) is 5.32 Å². The first-order chi connectivity index (χ1) is 11.5. The van der Waals surface area contributed by atoms with Crippen LogP contribution >= 0.6 is 35.4 Å². The summed E-state index contributed by atoms with van der Waals surface area (Å²) in [6.45, 7) is 0. The molecule has 2 aromatic carbocycles. The van der Waals surface area contributed by atoms with Gasteiger partial charge in [-0.15, -0.1) is 0 Å². The molecule has 0 bridgehead atoms. The lowest BCUT2D eigenvalue weighted by Crippen LogP contribution is -2.54. The molecule has 2 aromatic rings. The summed E-state index contributed by atoms with van der Waals surface area (Å²) >= 11 is 16.9. The molecule has 24 heavy (non-hydrogen) atoms. The third-order valence-corrected chi connectivity index (χ3v) is 4.12. The lowest BCUT2D eigenvalue weighted by molar-refractivity contribution is -0.122. The van der Waals surface area contributed by atoms with Crippen LogP contribution in [0, 0.1) is 0 Å². The van der Waals surface area contributed by atoms with Gasteiger partial charge in [0.1, 0.15) is 5.57 Å². The summed E-state index contributed by atoms with van der Waals surface area (Å²) in [5.74, 6) is -1.06. The van der Waals surface area contributed by atoms with E-state index in [0.29, 0.717) is 21.3 Å². The zero-order valence-corrected chi connectivity index (χ0v) is 14.5. The lowest BCUT2D eigenvalue weighted by Gasteiger charge is -2.29. The van der Waals surface area contributed by atoms with Gasteiger partial charge in [-0.1, -0.05) is 41.4 Å². The second-order valence-corrected chi connectivity index (χ2v) is 6.25. The summed E-state index contributed by atoms with van der Waals surface area (Å²) in [5.41, 5.74) is 1.14. The van der Waals surface area contributed by atoms with E-state index in [1.165, 1.54) is 11.0 Å². The first-order valence-electron chi connectivity index (χ1n) is 6.88. The van der Waals surface area contributed by atoms with Gasteiger partial charge >= 0.3 is 0 Å². The number of amides is 2. The number of thiocarbonyl (C=S) groups is 1. The topological polar surface area (TPSA) is 49.4 Å². The summed E-state index contributed by atoms with van der Waals surface area (Å²) in [5, 5.41) is 3.56. The number of anilines is 1. The number of carbonyl (C=O) groups excluding carboxylic acids is 2. The standard InChI is InChI=1S/C17H10Cl2N2O2S/c18-11-6-4-10(5-7-11)8-14-15(22)20-17(24)21(16(14)23)13-3-1-2-12(19)9-13/h1-9H,(H,20,22,24)/b14-8+. The Morgan fingerprint density at radius 1 is 1.00 bits per heavy atom. The smallest absolute Gasteiger partial charge is 0.270 e. The minimum atomic E-state index is -0.543. The van der Waals surface area contributed by atoms with E-state index in [1.807, 2.05) is 0 Å². The monoisotopic (exact) mass is 376 g/mol. The van der Waals surface area contributed by atoms with Crippen LogP contribution < -0.4 is 10.2 Å². The Hall–Kier alpha value is -2.21. The highest BCUT2D eigenvalue weighted by Gasteiger charge is 2.34. The molecule has 0 atom stereocenters. The maximum atomic E-state index is 12.8. The molecule has 3 rings (SSSR count). The third-order valence-electron chi connectivity index (χ3n) is 3.35. The second kappa shape index (κ2) is 6.73. The SMILES string of the molecule is O=C1NC(=S)N(c2cccc(Cl)c2)C(=O)/C1=C/c1ccc(Cl)cc1. The molecule has 1 saturated heterocycles. The molecule has 7 heteroatoms. The highest BCUT2D eigenvalue weighted by Crippen LogP contribution is 2.24. The first-order valence-corrected chi connectivity index (χ1v) is 8.05. The van der Waals surface area contributed by atoms with E-state index in [4.69, 9.17) is 35.4 Å². The van der Waals surface area contributed by atoms with Crippen molar-refractivity contribution in [3.8, 4) is 0 Å². The fourth-order valence-electron chi connectivity index (χ4n) is 2.23. The first kappa shape index (κ1) is 16.6. The zero-order chi connectivity index (χ0) is 17.3. The van der Waals surface area contributed by atoms with Crippen LogP contribution in [0.2, 0.25) is 10.0 Å². The van der Waals surface area contributed by atoms with Gasteiger partial charge < -0.3 is 0 Å². The Morgan fingerprint density at radius 3 is 2.38 bits per heavy atom. The molecule has 0 radical (unpaired) electrons. The molecule has 1 aliphatic heterocycles. The van der Waals surface area contributed by atoms with Crippen LogP contribution in [0.25, 0.3) is 6.08 Å². The van der Waals surface area contributed by atoms with Crippen molar-refractivity contribution in [2.24, 2.45) is 0 Å². The minimum Gasteiger partial charge on any atom is -0.298 e. The number of nitrogens with zero attached hydrogens (tertiary/aromatic N) is 1. The van der Waals surface area contributed by atoms with Gasteiger partial charge in [-0.3, -0.25) is 19.8 Å². The van der Waals surface area contributed by atoms with Gasteiger partial charge in [-0.25, -0.2) is 0 Å². The molecule has 120 valence electrons. The van der Waals surface area contributed by atoms with Crippen molar-refractivity contribution in [1.29, 1.82) is 0 Å². The fraction of sp³-hybridized carbons (Fsp3) is 0. The van der Waals surface area contributed by atoms with E-state index in [0.717, 1.165) is 0 Å². The summed E-state index contributed by atoms with van der Waals surface area (Å²) in [7, 11) is 0. The van der Waals surface area contributed by atoms with Crippen LogP contribution in [0.15, 0.2) is 54.1 Å². The van der Waals surface area contributed by atoms with Gasteiger partial charge in [0.25, 0.3) is 11.8 Å². The van der Waals surface area contributed by atoms with Gasteiger partial charge in [0.2, 0.25) is 0 Å². The largest absolute Gasteiger partial charge is 0.298 e. The second-order valence-electron chi connectivity index (χ2n) is 4.99. The number of hydrogen-bond donors (Lipinski definition) is 1. The maximum absolute atomic E-state index is 12.8. The maximum Gasteiger partial charge on any atom is 0.270 e. The molecule has 4 nitrogen and oxygen atoms in total. The number of halogens is 2. The van der Waals surface area contributed by atoms with Crippen LogP contribution in [0.4, 0.5) is 5.69 Å². The van der Waals surface area contributed by atoms with Crippen LogP contribution in [0.3, 0.4) is 0 Å². The van der Waals surface area contributed by atoms with Crippen LogP contribution in [0.1, 0.15) is 5.56 Å². The molecule has 0 saturated carbocycles. The van der Waals surface area contributed by atoms with Crippen LogP contribution in [0.5, 0.6) is 0 Å². The van der Waals surface area contributed by atoms with E-state index < -0.39 is 11.8 Å². The summed E-state index contributed by atoms with van der Waals surface area (Å²) < 4.78 is 0. The van der Waals surface area contributed by atoms with Crippen LogP contribution in [-0.4, -0.2) is 16.9 Å². The zero-order valence-electron chi connectivity index (χ0n) is 12.1. The predicted molar refractivity (Wildman–Crippen MR) is 99.1 cm³/mol. The Balaban J connectivity index is 2.01. The molecule has 0 aromatic heterocycles. The number of hydrogen-bond acceptors (Lipinski definition) is 3. The predicted octanol–water partition coefficient (Wildman–Crippen LogP) is 3.82. The highest BCUT2D eigenvalue weighted by atomic mass is 35.5. The number of benzene rings is 2. The number of nitrogens with one attached hydrogen (secondary N) is 1. The van der Waals surface area contributed by atoms with E-state index in [-0.39, 0.29) is 10.7 Å². The molecular weight excluding hydrogens is 367 g/mol. The van der Waals surface area contributed by atoms with Crippen molar-refractivity contribution in [2.45, 2.75) is 0 Å². The Morgan fingerprint density at radius 2 is 1.71 bits per heavy atom. The molecule has 0 spiro atoms. The Bertz CT molecular complexity index is 878. The molecule has 2 amide bonds. The number of rotatable bonds is 2.